The van der Waals surface area contributed by atoms with Gasteiger partial charge in [-0.25, -0.2) is 4.79 Å². The van der Waals surface area contributed by atoms with Gasteiger partial charge in [0.2, 0.25) is 5.91 Å². The van der Waals surface area contributed by atoms with Gasteiger partial charge in [0.1, 0.15) is 16.6 Å². The molecular weight excluding hydrogens is 444 g/mol. The Kier molecular flexibility index (Phi) is 8.50. The molecule has 0 aliphatic heterocycles. The van der Waals surface area contributed by atoms with E-state index in [0.717, 1.165) is 23.2 Å². The second kappa shape index (κ2) is 12.0. The Morgan fingerprint density at radius 3 is 2.35 bits per heavy atom. The Morgan fingerprint density at radius 2 is 1.68 bits per heavy atom. The highest BCUT2D eigenvalue weighted by molar-refractivity contribution is 7.15. The summed E-state index contributed by atoms with van der Waals surface area (Å²) in [6.45, 7) is 2.86. The molecule has 0 unspecified atom stereocenters. The number of carbonyl (C=O) groups excluding carboxylic acids is 2. The normalized spacial score (nSPS) is 15.0. The maximum Gasteiger partial charge on any atom is 0.341 e. The molecule has 0 bridgehead atoms. The van der Waals surface area contributed by atoms with E-state index in [0.29, 0.717) is 16.5 Å². The second-order valence-electron chi connectivity index (χ2n) is 8.69. The lowest BCUT2D eigenvalue weighted by Gasteiger charge is -2.25. The van der Waals surface area contributed by atoms with E-state index < -0.39 is 12.0 Å². The summed E-state index contributed by atoms with van der Waals surface area (Å²) in [6, 6.07) is 19.0. The van der Waals surface area contributed by atoms with Crippen molar-refractivity contribution < 1.29 is 14.3 Å². The summed E-state index contributed by atoms with van der Waals surface area (Å²) in [6.07, 6.45) is 6.23. The minimum atomic E-state index is -0.500. The largest absolute Gasteiger partial charge is 0.462 e. The van der Waals surface area contributed by atoms with Crippen LogP contribution in [0.4, 0.5) is 5.00 Å². The summed E-state index contributed by atoms with van der Waals surface area (Å²) in [7, 11) is 0. The average Bonchev–Trinajstić information content (AvgIpc) is 3.30. The van der Waals surface area contributed by atoms with Crippen LogP contribution in [0.5, 0.6) is 0 Å². The van der Waals surface area contributed by atoms with Crippen LogP contribution in [0.2, 0.25) is 0 Å². The number of rotatable bonds is 9. The summed E-state index contributed by atoms with van der Waals surface area (Å²) >= 11 is 1.35. The van der Waals surface area contributed by atoms with Gasteiger partial charge in [0, 0.05) is 10.9 Å². The minimum absolute atomic E-state index is 0.172. The molecule has 0 radical (unpaired) electrons. The van der Waals surface area contributed by atoms with Gasteiger partial charge in [0.15, 0.2) is 0 Å². The van der Waals surface area contributed by atoms with E-state index >= 15 is 0 Å². The zero-order chi connectivity index (χ0) is 23.8. The zero-order valence-corrected chi connectivity index (χ0v) is 20.4. The van der Waals surface area contributed by atoms with Crippen LogP contribution in [0.3, 0.4) is 0 Å². The van der Waals surface area contributed by atoms with Crippen molar-refractivity contribution in [3.63, 3.8) is 0 Å². The van der Waals surface area contributed by atoms with Crippen LogP contribution in [-0.4, -0.2) is 25.0 Å². The predicted molar refractivity (Wildman–Crippen MR) is 138 cm³/mol. The van der Waals surface area contributed by atoms with Crippen molar-refractivity contribution in [1.82, 2.24) is 5.32 Å². The smallest absolute Gasteiger partial charge is 0.341 e. The summed E-state index contributed by atoms with van der Waals surface area (Å²) in [4.78, 5) is 26.4. The molecule has 1 saturated carbocycles. The lowest BCUT2D eigenvalue weighted by Crippen LogP contribution is -2.36. The molecule has 1 heterocycles. The standard InChI is InChI=1S/C28H32N2O3S/c1-2-33-28(32)24-23(21-14-8-4-9-15-21)19-34-27(24)30-26(31)25(22-16-10-5-11-17-22)29-18-20-12-6-3-7-13-20/h4-5,8-11,14-17,19-20,25,29H,2-3,6-7,12-13,18H2,1H3,(H,30,31)/t25-/m1/s1. The first-order chi connectivity index (χ1) is 16.7. The number of esters is 1. The maximum absolute atomic E-state index is 13.5. The quantitative estimate of drug-likeness (QED) is 0.349. The third-order valence-corrected chi connectivity index (χ3v) is 7.22. The van der Waals surface area contributed by atoms with Gasteiger partial charge in [-0.15, -0.1) is 11.3 Å². The van der Waals surface area contributed by atoms with E-state index in [-0.39, 0.29) is 12.5 Å². The monoisotopic (exact) mass is 476 g/mol. The van der Waals surface area contributed by atoms with Gasteiger partial charge in [-0.2, -0.15) is 0 Å². The van der Waals surface area contributed by atoms with Crippen molar-refractivity contribution >= 4 is 28.2 Å². The van der Waals surface area contributed by atoms with E-state index in [9.17, 15) is 9.59 Å². The third kappa shape index (κ3) is 5.93. The Morgan fingerprint density at radius 1 is 1.00 bits per heavy atom. The maximum atomic E-state index is 13.5. The van der Waals surface area contributed by atoms with Crippen LogP contribution in [0.15, 0.2) is 66.0 Å². The molecule has 0 spiro atoms. The fourth-order valence-electron chi connectivity index (χ4n) is 4.55. The molecule has 2 aromatic carbocycles. The third-order valence-electron chi connectivity index (χ3n) is 6.32. The Bertz CT molecular complexity index is 1080. The van der Waals surface area contributed by atoms with Crippen LogP contribution >= 0.6 is 11.3 Å². The topological polar surface area (TPSA) is 67.4 Å². The molecule has 6 heteroatoms. The molecule has 0 saturated heterocycles. The van der Waals surface area contributed by atoms with Gasteiger partial charge in [-0.05, 0) is 43.4 Å². The van der Waals surface area contributed by atoms with Gasteiger partial charge in [0.05, 0.1) is 6.61 Å². The van der Waals surface area contributed by atoms with Crippen LogP contribution in [-0.2, 0) is 9.53 Å². The van der Waals surface area contributed by atoms with E-state index in [1.165, 1.54) is 43.4 Å². The lowest BCUT2D eigenvalue weighted by atomic mass is 9.89. The van der Waals surface area contributed by atoms with Crippen molar-refractivity contribution in [2.75, 3.05) is 18.5 Å². The minimum Gasteiger partial charge on any atom is -0.462 e. The zero-order valence-electron chi connectivity index (χ0n) is 19.6. The summed E-state index contributed by atoms with van der Waals surface area (Å²) in [5.41, 5.74) is 3.00. The number of benzene rings is 2. The van der Waals surface area contributed by atoms with E-state index in [4.69, 9.17) is 4.74 Å². The number of thiophene rings is 1. The van der Waals surface area contributed by atoms with Crippen LogP contribution in [0.25, 0.3) is 11.1 Å². The van der Waals surface area contributed by atoms with Crippen molar-refractivity contribution in [3.05, 3.63) is 77.2 Å². The molecule has 4 rings (SSSR count). The van der Waals surface area contributed by atoms with E-state index in [1.807, 2.05) is 66.0 Å². The fraction of sp³-hybridized carbons (Fsp3) is 0.357. The number of carbonyl (C=O) groups is 2. The molecule has 1 aliphatic carbocycles. The number of amides is 1. The highest BCUT2D eigenvalue weighted by atomic mass is 32.1. The molecular formula is C28H32N2O3S. The van der Waals surface area contributed by atoms with Gasteiger partial charge in [0.25, 0.3) is 0 Å². The molecule has 34 heavy (non-hydrogen) atoms. The highest BCUT2D eigenvalue weighted by Crippen LogP contribution is 2.36. The Hall–Kier alpha value is -2.96. The van der Waals surface area contributed by atoms with Crippen molar-refractivity contribution in [2.24, 2.45) is 5.92 Å². The average molecular weight is 477 g/mol. The number of hydrogen-bond donors (Lipinski definition) is 2. The van der Waals surface area contributed by atoms with Gasteiger partial charge >= 0.3 is 5.97 Å². The first kappa shape index (κ1) is 24.2. The Labute approximate surface area is 205 Å². The van der Waals surface area contributed by atoms with Crippen molar-refractivity contribution in [3.8, 4) is 11.1 Å². The summed E-state index contributed by atoms with van der Waals surface area (Å²) in [5.74, 6) is -0.00683. The van der Waals surface area contributed by atoms with Gasteiger partial charge in [-0.1, -0.05) is 79.9 Å². The number of hydrogen-bond acceptors (Lipinski definition) is 5. The first-order valence-electron chi connectivity index (χ1n) is 12.1. The second-order valence-corrected chi connectivity index (χ2v) is 9.56. The molecule has 1 amide bonds. The van der Waals surface area contributed by atoms with Crippen molar-refractivity contribution in [1.29, 1.82) is 0 Å². The Balaban J connectivity index is 1.59. The van der Waals surface area contributed by atoms with E-state index in [1.54, 1.807) is 6.92 Å². The molecule has 5 nitrogen and oxygen atoms in total. The van der Waals surface area contributed by atoms with Gasteiger partial charge in [-0.3, -0.25) is 4.79 Å². The first-order valence-corrected chi connectivity index (χ1v) is 13.0. The molecule has 1 fully saturated rings. The summed E-state index contributed by atoms with van der Waals surface area (Å²) in [5, 5.41) is 8.98. The highest BCUT2D eigenvalue weighted by Gasteiger charge is 2.27. The molecule has 1 atom stereocenters. The SMILES string of the molecule is CCOC(=O)c1c(-c2ccccc2)csc1NC(=O)[C@H](NCC1CCCCC1)c1ccccc1. The molecule has 2 N–H and O–H groups in total. The van der Waals surface area contributed by atoms with Gasteiger partial charge < -0.3 is 15.4 Å². The predicted octanol–water partition coefficient (Wildman–Crippen LogP) is 6.44. The number of nitrogens with one attached hydrogen (secondary N) is 2. The lowest BCUT2D eigenvalue weighted by molar-refractivity contribution is -0.118. The molecule has 1 aliphatic rings. The van der Waals surface area contributed by atoms with Crippen molar-refractivity contribution in [2.45, 2.75) is 45.1 Å². The number of anilines is 1. The molecule has 1 aromatic heterocycles. The van der Waals surface area contributed by atoms with Crippen LogP contribution < -0.4 is 10.6 Å². The van der Waals surface area contributed by atoms with Crippen LogP contribution in [0.1, 0.15) is 61.0 Å². The van der Waals surface area contributed by atoms with E-state index in [2.05, 4.69) is 10.6 Å². The summed E-state index contributed by atoms with van der Waals surface area (Å²) < 4.78 is 5.34. The van der Waals surface area contributed by atoms with Crippen LogP contribution in [0, 0.1) is 5.92 Å². The molecule has 3 aromatic rings. The molecule has 178 valence electrons. The number of ether oxygens (including phenoxy) is 1. The fourth-order valence-corrected chi connectivity index (χ4v) is 5.51.